The van der Waals surface area contributed by atoms with Gasteiger partial charge < -0.3 is 10.5 Å². The Labute approximate surface area is 92.2 Å². The fourth-order valence-electron chi connectivity index (χ4n) is 1.09. The molecule has 0 aromatic heterocycles. The third kappa shape index (κ3) is 2.91. The van der Waals surface area contributed by atoms with Crippen molar-refractivity contribution in [3.05, 3.63) is 35.9 Å². The van der Waals surface area contributed by atoms with Gasteiger partial charge in [0, 0.05) is 0 Å². The Morgan fingerprint density at radius 2 is 1.75 bits per heavy atom. The zero-order valence-electron chi connectivity index (χ0n) is 8.67. The fourth-order valence-corrected chi connectivity index (χ4v) is 1.09. The Morgan fingerprint density at radius 3 is 2.19 bits per heavy atom. The highest BCUT2D eigenvalue weighted by molar-refractivity contribution is 6.05. The van der Waals surface area contributed by atoms with Gasteiger partial charge in [0.05, 0.1) is 5.56 Å². The van der Waals surface area contributed by atoms with Gasteiger partial charge in [-0.1, -0.05) is 18.2 Å². The molecule has 1 aromatic carbocycles. The molecule has 0 saturated heterocycles. The van der Waals surface area contributed by atoms with Crippen LogP contribution in [-0.4, -0.2) is 23.8 Å². The topological polar surface area (TPSA) is 86.5 Å². The van der Waals surface area contributed by atoms with Gasteiger partial charge in [-0.15, -0.1) is 0 Å². The molecular formula is C11H11NO4. The van der Waals surface area contributed by atoms with E-state index >= 15 is 0 Å². The summed E-state index contributed by atoms with van der Waals surface area (Å²) in [5.74, 6) is -2.33. The SMILES string of the molecule is CC(=O)C(OC(=O)c1ccccc1)C(N)=O. The van der Waals surface area contributed by atoms with Gasteiger partial charge in [-0.3, -0.25) is 9.59 Å². The number of hydrogen-bond acceptors (Lipinski definition) is 4. The summed E-state index contributed by atoms with van der Waals surface area (Å²) >= 11 is 0. The Morgan fingerprint density at radius 1 is 1.19 bits per heavy atom. The maximum Gasteiger partial charge on any atom is 0.339 e. The molecule has 0 heterocycles. The van der Waals surface area contributed by atoms with Crippen molar-refractivity contribution in [3.8, 4) is 0 Å². The Hall–Kier alpha value is -2.17. The minimum atomic E-state index is -1.52. The van der Waals surface area contributed by atoms with Crippen LogP contribution in [0.3, 0.4) is 0 Å². The summed E-state index contributed by atoms with van der Waals surface area (Å²) in [6.07, 6.45) is -1.52. The van der Waals surface area contributed by atoms with E-state index in [9.17, 15) is 14.4 Å². The van der Waals surface area contributed by atoms with Gasteiger partial charge in [0.2, 0.25) is 6.10 Å². The van der Waals surface area contributed by atoms with Crippen LogP contribution in [0.25, 0.3) is 0 Å². The van der Waals surface area contributed by atoms with Crippen LogP contribution in [0.1, 0.15) is 17.3 Å². The van der Waals surface area contributed by atoms with Crippen molar-refractivity contribution in [2.75, 3.05) is 0 Å². The summed E-state index contributed by atoms with van der Waals surface area (Å²) in [6.45, 7) is 1.13. The Balaban J connectivity index is 2.77. The van der Waals surface area contributed by atoms with Crippen molar-refractivity contribution in [1.29, 1.82) is 0 Å². The molecule has 2 N–H and O–H groups in total. The second kappa shape index (κ2) is 5.06. The number of hydrogen-bond donors (Lipinski definition) is 1. The number of primary amides is 1. The highest BCUT2D eigenvalue weighted by Crippen LogP contribution is 2.04. The van der Waals surface area contributed by atoms with Crippen molar-refractivity contribution in [2.45, 2.75) is 13.0 Å². The van der Waals surface area contributed by atoms with Crippen LogP contribution in [0.2, 0.25) is 0 Å². The number of Topliss-reactive ketones (excluding diaryl/α,β-unsaturated/α-hetero) is 1. The normalized spacial score (nSPS) is 11.6. The second-order valence-electron chi connectivity index (χ2n) is 3.16. The number of ketones is 1. The highest BCUT2D eigenvalue weighted by atomic mass is 16.6. The summed E-state index contributed by atoms with van der Waals surface area (Å²) in [5.41, 5.74) is 5.19. The number of amides is 1. The average Bonchev–Trinajstić information content (AvgIpc) is 2.25. The lowest BCUT2D eigenvalue weighted by atomic mass is 10.2. The first-order chi connectivity index (χ1) is 7.52. The molecule has 1 atom stereocenters. The van der Waals surface area contributed by atoms with Gasteiger partial charge >= 0.3 is 5.97 Å². The van der Waals surface area contributed by atoms with Crippen LogP contribution in [0.5, 0.6) is 0 Å². The van der Waals surface area contributed by atoms with Gasteiger partial charge in [0.1, 0.15) is 0 Å². The quantitative estimate of drug-likeness (QED) is 0.584. The van der Waals surface area contributed by atoms with Gasteiger partial charge in [0.15, 0.2) is 5.78 Å². The van der Waals surface area contributed by atoms with Crippen LogP contribution in [0.4, 0.5) is 0 Å². The van der Waals surface area contributed by atoms with E-state index in [0.29, 0.717) is 0 Å². The van der Waals surface area contributed by atoms with Crippen molar-refractivity contribution in [2.24, 2.45) is 5.73 Å². The van der Waals surface area contributed by atoms with Gasteiger partial charge in [0.25, 0.3) is 5.91 Å². The van der Waals surface area contributed by atoms with Gasteiger partial charge in [-0.2, -0.15) is 0 Å². The van der Waals surface area contributed by atoms with Gasteiger partial charge in [-0.05, 0) is 19.1 Å². The first kappa shape index (κ1) is 11.9. The molecule has 0 aliphatic heterocycles. The van der Waals surface area contributed by atoms with E-state index in [2.05, 4.69) is 0 Å². The molecule has 0 saturated carbocycles. The molecule has 0 bridgehead atoms. The van der Waals surface area contributed by atoms with Crippen molar-refractivity contribution in [1.82, 2.24) is 0 Å². The van der Waals surface area contributed by atoms with Crippen molar-refractivity contribution in [3.63, 3.8) is 0 Å². The molecule has 5 heteroatoms. The molecule has 1 aromatic rings. The molecule has 0 fully saturated rings. The largest absolute Gasteiger partial charge is 0.441 e. The maximum atomic E-state index is 11.5. The zero-order chi connectivity index (χ0) is 12.1. The lowest BCUT2D eigenvalue weighted by Crippen LogP contribution is -2.38. The predicted molar refractivity (Wildman–Crippen MR) is 55.5 cm³/mol. The van der Waals surface area contributed by atoms with E-state index in [1.165, 1.54) is 12.1 Å². The zero-order valence-corrected chi connectivity index (χ0v) is 8.67. The number of rotatable bonds is 4. The van der Waals surface area contributed by atoms with Crippen molar-refractivity contribution < 1.29 is 19.1 Å². The fraction of sp³-hybridized carbons (Fsp3) is 0.182. The van der Waals surface area contributed by atoms with Crippen LogP contribution >= 0.6 is 0 Å². The standard InChI is InChI=1S/C11H11NO4/c1-7(13)9(10(12)14)16-11(15)8-5-3-2-4-6-8/h2-6,9H,1H3,(H2,12,14). The lowest BCUT2D eigenvalue weighted by Gasteiger charge is -2.11. The average molecular weight is 221 g/mol. The smallest absolute Gasteiger partial charge is 0.339 e. The minimum absolute atomic E-state index is 0.259. The number of ether oxygens (including phenoxy) is 1. The van der Waals surface area contributed by atoms with Crippen molar-refractivity contribution >= 4 is 17.7 Å². The molecule has 5 nitrogen and oxygen atoms in total. The third-order valence-corrected chi connectivity index (χ3v) is 1.86. The Bertz CT molecular complexity index is 399. The van der Waals surface area contributed by atoms with Gasteiger partial charge in [-0.25, -0.2) is 4.79 Å². The number of benzene rings is 1. The molecule has 1 rings (SSSR count). The van der Waals surface area contributed by atoms with Crippen LogP contribution in [0, 0.1) is 0 Å². The monoisotopic (exact) mass is 221 g/mol. The minimum Gasteiger partial charge on any atom is -0.441 e. The van der Waals surface area contributed by atoms with E-state index in [0.717, 1.165) is 6.92 Å². The molecular weight excluding hydrogens is 210 g/mol. The highest BCUT2D eigenvalue weighted by Gasteiger charge is 2.25. The van der Waals surface area contributed by atoms with E-state index < -0.39 is 23.8 Å². The number of carbonyl (C=O) groups is 3. The summed E-state index contributed by atoms with van der Waals surface area (Å²) in [4.78, 5) is 33.3. The third-order valence-electron chi connectivity index (χ3n) is 1.86. The second-order valence-corrected chi connectivity index (χ2v) is 3.16. The predicted octanol–water partition coefficient (Wildman–Crippen LogP) is 0.286. The summed E-state index contributed by atoms with van der Waals surface area (Å²) < 4.78 is 4.70. The summed E-state index contributed by atoms with van der Waals surface area (Å²) in [6, 6.07) is 8.04. The molecule has 1 unspecified atom stereocenters. The van der Waals surface area contributed by atoms with Crippen LogP contribution in [0.15, 0.2) is 30.3 Å². The van der Waals surface area contributed by atoms with E-state index in [1.54, 1.807) is 18.2 Å². The summed E-state index contributed by atoms with van der Waals surface area (Å²) in [5, 5.41) is 0. The summed E-state index contributed by atoms with van der Waals surface area (Å²) in [7, 11) is 0. The molecule has 84 valence electrons. The number of esters is 1. The van der Waals surface area contributed by atoms with Crippen LogP contribution in [-0.2, 0) is 14.3 Å². The first-order valence-electron chi connectivity index (χ1n) is 4.58. The lowest BCUT2D eigenvalue weighted by molar-refractivity contribution is -0.137. The Kier molecular flexibility index (Phi) is 3.77. The maximum absolute atomic E-state index is 11.5. The van der Waals surface area contributed by atoms with E-state index in [4.69, 9.17) is 10.5 Å². The van der Waals surface area contributed by atoms with E-state index in [-0.39, 0.29) is 5.56 Å². The first-order valence-corrected chi connectivity index (χ1v) is 4.58. The molecule has 1 amide bonds. The van der Waals surface area contributed by atoms with Crippen LogP contribution < -0.4 is 5.73 Å². The molecule has 0 aliphatic rings. The number of nitrogens with two attached hydrogens (primary N) is 1. The molecule has 16 heavy (non-hydrogen) atoms. The van der Waals surface area contributed by atoms with E-state index in [1.807, 2.05) is 0 Å². The molecule has 0 aliphatic carbocycles. The molecule has 0 spiro atoms. The number of carbonyl (C=O) groups excluding carboxylic acids is 3. The molecule has 0 radical (unpaired) electrons.